The van der Waals surface area contributed by atoms with Crippen molar-refractivity contribution in [1.29, 1.82) is 0 Å². The summed E-state index contributed by atoms with van der Waals surface area (Å²) in [6.07, 6.45) is 1.27. The van der Waals surface area contributed by atoms with Crippen LogP contribution in [-0.4, -0.2) is 32.9 Å². The summed E-state index contributed by atoms with van der Waals surface area (Å²) in [4.78, 5) is 38.8. The normalized spacial score (nSPS) is 15.1. The molecule has 0 unspecified atom stereocenters. The van der Waals surface area contributed by atoms with E-state index < -0.39 is 28.0 Å². The van der Waals surface area contributed by atoms with Crippen LogP contribution in [0.3, 0.4) is 0 Å². The van der Waals surface area contributed by atoms with Crippen LogP contribution in [0.15, 0.2) is 77.2 Å². The molecule has 1 N–H and O–H groups in total. The summed E-state index contributed by atoms with van der Waals surface area (Å²) in [5.74, 6) is -1.72. The zero-order chi connectivity index (χ0) is 26.7. The van der Waals surface area contributed by atoms with Crippen LogP contribution in [0.2, 0.25) is 5.02 Å². The van der Waals surface area contributed by atoms with Crippen LogP contribution in [0.4, 0.5) is 10.5 Å². The monoisotopic (exact) mass is 540 g/mol. The van der Waals surface area contributed by atoms with Crippen molar-refractivity contribution in [2.24, 2.45) is 0 Å². The lowest BCUT2D eigenvalue weighted by Gasteiger charge is -2.26. The van der Waals surface area contributed by atoms with Gasteiger partial charge in [-0.05, 0) is 68.0 Å². The Balaban J connectivity index is 1.67. The number of hydrogen-bond acceptors (Lipinski definition) is 7. The van der Waals surface area contributed by atoms with Gasteiger partial charge < -0.3 is 8.92 Å². The van der Waals surface area contributed by atoms with Crippen LogP contribution < -0.4 is 19.1 Å². The molecule has 0 aliphatic carbocycles. The smallest absolute Gasteiger partial charge is 0.339 e. The Morgan fingerprint density at radius 3 is 2.38 bits per heavy atom. The number of halogens is 1. The Kier molecular flexibility index (Phi) is 7.33. The number of benzene rings is 3. The number of barbiturate groups is 1. The molecule has 3 aromatic rings. The fourth-order valence-electron chi connectivity index (χ4n) is 3.50. The number of ether oxygens (including phenoxy) is 1. The second-order valence-electron chi connectivity index (χ2n) is 7.93. The van der Waals surface area contributed by atoms with Gasteiger partial charge in [-0.15, -0.1) is 0 Å². The van der Waals surface area contributed by atoms with Crippen molar-refractivity contribution in [3.63, 3.8) is 0 Å². The van der Waals surface area contributed by atoms with Gasteiger partial charge in [0.15, 0.2) is 11.5 Å². The molecule has 0 bridgehead atoms. The fraction of sp³-hybridized carbons (Fsp3) is 0.115. The van der Waals surface area contributed by atoms with Gasteiger partial charge in [0.1, 0.15) is 10.5 Å². The largest absolute Gasteiger partial charge is 0.490 e. The second kappa shape index (κ2) is 10.5. The number of aryl methyl sites for hydroxylation is 1. The van der Waals surface area contributed by atoms with E-state index in [2.05, 4.69) is 5.32 Å². The van der Waals surface area contributed by atoms with Crippen LogP contribution in [0.25, 0.3) is 6.08 Å². The highest BCUT2D eigenvalue weighted by molar-refractivity contribution is 7.87. The number of imide groups is 2. The molecule has 0 atom stereocenters. The molecule has 37 heavy (non-hydrogen) atoms. The summed E-state index contributed by atoms with van der Waals surface area (Å²) in [7, 11) is -4.14. The number of carbonyl (C=O) groups is 3. The van der Waals surface area contributed by atoms with Crippen LogP contribution in [0.5, 0.6) is 11.5 Å². The highest BCUT2D eigenvalue weighted by Gasteiger charge is 2.37. The third-order valence-corrected chi connectivity index (χ3v) is 6.74. The summed E-state index contributed by atoms with van der Waals surface area (Å²) in [5, 5.41) is 2.44. The second-order valence-corrected chi connectivity index (χ2v) is 9.91. The first-order valence-electron chi connectivity index (χ1n) is 11.0. The van der Waals surface area contributed by atoms with Gasteiger partial charge in [-0.25, -0.2) is 9.69 Å². The van der Waals surface area contributed by atoms with E-state index in [-0.39, 0.29) is 34.3 Å². The molecule has 1 saturated heterocycles. The molecule has 0 radical (unpaired) electrons. The minimum Gasteiger partial charge on any atom is -0.490 e. The summed E-state index contributed by atoms with van der Waals surface area (Å²) < 4.78 is 36.4. The van der Waals surface area contributed by atoms with Crippen LogP contribution >= 0.6 is 11.6 Å². The van der Waals surface area contributed by atoms with Crippen molar-refractivity contribution in [2.75, 3.05) is 11.5 Å². The Morgan fingerprint density at radius 1 is 0.973 bits per heavy atom. The number of nitrogens with zero attached hydrogens (tertiary/aromatic N) is 1. The molecule has 1 aliphatic heterocycles. The summed E-state index contributed by atoms with van der Waals surface area (Å²) >= 11 is 5.99. The quantitative estimate of drug-likeness (QED) is 0.266. The Bertz CT molecular complexity index is 1530. The average Bonchev–Trinajstić information content (AvgIpc) is 2.83. The number of amides is 4. The van der Waals surface area contributed by atoms with Crippen molar-refractivity contribution in [3.05, 3.63) is 88.5 Å². The first-order chi connectivity index (χ1) is 17.6. The molecule has 0 spiro atoms. The molecule has 190 valence electrons. The molecule has 9 nitrogen and oxygen atoms in total. The van der Waals surface area contributed by atoms with E-state index in [1.165, 1.54) is 48.5 Å². The minimum absolute atomic E-state index is 0.0259. The third kappa shape index (κ3) is 5.65. The first-order valence-corrected chi connectivity index (χ1v) is 12.8. The van der Waals surface area contributed by atoms with Crippen molar-refractivity contribution < 1.29 is 31.7 Å². The number of nitrogens with one attached hydrogen (secondary N) is 1. The molecule has 4 rings (SSSR count). The molecule has 1 fully saturated rings. The van der Waals surface area contributed by atoms with Gasteiger partial charge in [-0.2, -0.15) is 8.42 Å². The lowest BCUT2D eigenvalue weighted by molar-refractivity contribution is -0.122. The van der Waals surface area contributed by atoms with Gasteiger partial charge in [0.05, 0.1) is 12.3 Å². The van der Waals surface area contributed by atoms with E-state index in [0.29, 0.717) is 10.6 Å². The van der Waals surface area contributed by atoms with E-state index in [1.807, 2.05) is 6.92 Å². The van der Waals surface area contributed by atoms with Gasteiger partial charge in [-0.3, -0.25) is 14.9 Å². The molecule has 1 aliphatic rings. The van der Waals surface area contributed by atoms with Crippen LogP contribution in [0.1, 0.15) is 18.1 Å². The van der Waals surface area contributed by atoms with E-state index in [9.17, 15) is 22.8 Å². The number of urea groups is 1. The predicted molar refractivity (Wildman–Crippen MR) is 137 cm³/mol. The van der Waals surface area contributed by atoms with Gasteiger partial charge in [0, 0.05) is 5.02 Å². The zero-order valence-corrected chi connectivity index (χ0v) is 21.3. The molecule has 11 heteroatoms. The third-order valence-electron chi connectivity index (χ3n) is 5.26. The number of anilines is 1. The first kappa shape index (κ1) is 25.9. The average molecular weight is 541 g/mol. The van der Waals surface area contributed by atoms with E-state index in [4.69, 9.17) is 20.5 Å². The van der Waals surface area contributed by atoms with Gasteiger partial charge in [0.25, 0.3) is 11.8 Å². The molecule has 1 heterocycles. The molecule has 0 saturated carbocycles. The summed E-state index contributed by atoms with van der Waals surface area (Å²) in [6.45, 7) is 3.73. The molecule has 4 amide bonds. The maximum absolute atomic E-state index is 13.1. The molecular weight excluding hydrogens is 520 g/mol. The molecular formula is C26H21ClN2O7S. The zero-order valence-electron chi connectivity index (χ0n) is 19.7. The standard InChI is InChI=1S/C26H21ClN2O7S/c1-3-35-23-14-17(9-12-22(23)36-37(33,34)20-10-7-16(2)8-11-20)13-21-24(30)28-26(32)29(25(21)31)19-6-4-5-18(27)15-19/h4-15H,3H2,1-2H3,(H,28,30,32)/b21-13+. The highest BCUT2D eigenvalue weighted by atomic mass is 35.5. The summed E-state index contributed by atoms with van der Waals surface area (Å²) in [5.41, 5.74) is 1.10. The van der Waals surface area contributed by atoms with Crippen molar-refractivity contribution in [2.45, 2.75) is 18.7 Å². The van der Waals surface area contributed by atoms with E-state index >= 15 is 0 Å². The number of carbonyl (C=O) groups excluding carboxylic acids is 3. The topological polar surface area (TPSA) is 119 Å². The fourth-order valence-corrected chi connectivity index (χ4v) is 4.62. The van der Waals surface area contributed by atoms with Crippen LogP contribution in [0, 0.1) is 6.92 Å². The lowest BCUT2D eigenvalue weighted by atomic mass is 10.1. The predicted octanol–water partition coefficient (Wildman–Crippen LogP) is 4.48. The molecule has 3 aromatic carbocycles. The highest BCUT2D eigenvalue weighted by Crippen LogP contribution is 2.33. The van der Waals surface area contributed by atoms with Crippen molar-refractivity contribution in [1.82, 2.24) is 5.32 Å². The molecule has 0 aromatic heterocycles. The lowest BCUT2D eigenvalue weighted by Crippen LogP contribution is -2.54. The number of rotatable bonds is 7. The van der Waals surface area contributed by atoms with Crippen molar-refractivity contribution in [3.8, 4) is 11.5 Å². The van der Waals surface area contributed by atoms with Gasteiger partial charge >= 0.3 is 16.1 Å². The van der Waals surface area contributed by atoms with Crippen LogP contribution in [-0.2, 0) is 19.7 Å². The van der Waals surface area contributed by atoms with Crippen molar-refractivity contribution >= 4 is 51.3 Å². The maximum Gasteiger partial charge on any atom is 0.339 e. The number of hydrogen-bond donors (Lipinski definition) is 1. The summed E-state index contributed by atoms with van der Waals surface area (Å²) in [6, 6.07) is 15.6. The SMILES string of the molecule is CCOc1cc(/C=C2\C(=O)NC(=O)N(c3cccc(Cl)c3)C2=O)ccc1OS(=O)(=O)c1ccc(C)cc1. The Hall–Kier alpha value is -4.15. The Morgan fingerprint density at radius 2 is 1.70 bits per heavy atom. The Labute approximate surface area is 218 Å². The van der Waals surface area contributed by atoms with E-state index in [1.54, 1.807) is 31.2 Å². The maximum atomic E-state index is 13.1. The van der Waals surface area contributed by atoms with Gasteiger partial charge in [-0.1, -0.05) is 41.4 Å². The minimum atomic E-state index is -4.14. The van der Waals surface area contributed by atoms with Gasteiger partial charge in [0.2, 0.25) is 0 Å². The van der Waals surface area contributed by atoms with E-state index in [0.717, 1.165) is 10.5 Å².